The van der Waals surface area contributed by atoms with Gasteiger partial charge in [-0.3, -0.25) is 0 Å². The molecule has 19 heavy (non-hydrogen) atoms. The third-order valence-electron chi connectivity index (χ3n) is 2.32. The molecule has 0 aliphatic rings. The number of rotatable bonds is 8. The van der Waals surface area contributed by atoms with Gasteiger partial charge in [0.2, 0.25) is 0 Å². The minimum atomic E-state index is -4.20. The summed E-state index contributed by atoms with van der Waals surface area (Å²) in [5, 5.41) is 9.33. The van der Waals surface area contributed by atoms with Gasteiger partial charge in [0.15, 0.2) is 5.01 Å². The van der Waals surface area contributed by atoms with Crippen LogP contribution < -0.4 is 5.32 Å². The second-order valence-corrected chi connectivity index (χ2v) is 5.69. The normalized spacial score (nSPS) is 12.6. The Hall–Kier alpha value is -0.760. The van der Waals surface area contributed by atoms with Gasteiger partial charge in [-0.05, 0) is 25.4 Å². The lowest BCUT2D eigenvalue weighted by Gasteiger charge is -2.10. The molecule has 0 unspecified atom stereocenters. The van der Waals surface area contributed by atoms with Crippen LogP contribution in [-0.4, -0.2) is 29.7 Å². The Morgan fingerprint density at radius 3 is 2.53 bits per heavy atom. The molecule has 1 N–H and O–H groups in total. The summed E-state index contributed by atoms with van der Waals surface area (Å²) in [6.07, 6.45) is -2.58. The molecule has 0 atom stereocenters. The van der Waals surface area contributed by atoms with Crippen LogP contribution in [0, 0.1) is 5.92 Å². The number of nitrogens with one attached hydrogen (secondary N) is 1. The summed E-state index contributed by atoms with van der Waals surface area (Å²) >= 11 is 0.552. The van der Waals surface area contributed by atoms with E-state index in [0.29, 0.717) is 35.1 Å². The van der Waals surface area contributed by atoms with Gasteiger partial charge in [0, 0.05) is 6.42 Å². The minimum absolute atomic E-state index is 0.363. The number of aromatic nitrogens is 2. The van der Waals surface area contributed by atoms with E-state index in [-0.39, 0.29) is 0 Å². The van der Waals surface area contributed by atoms with Gasteiger partial charge in [0.25, 0.3) is 0 Å². The van der Waals surface area contributed by atoms with Gasteiger partial charge in [-0.15, -0.1) is 10.2 Å². The van der Waals surface area contributed by atoms with Gasteiger partial charge in [0.1, 0.15) is 5.01 Å². The fourth-order valence-corrected chi connectivity index (χ4v) is 2.20. The lowest BCUT2D eigenvalue weighted by molar-refractivity contribution is -0.135. The van der Waals surface area contributed by atoms with E-state index in [9.17, 15) is 17.6 Å². The highest BCUT2D eigenvalue weighted by molar-refractivity contribution is 7.11. The standard InChI is InChI=1S/C11H17F4N3S/c1-7(2)6-16-5-3-4-8-17-18-10(19-8)11(14,15)9(12)13/h7,9,16H,3-6H2,1-2H3. The molecule has 1 rings (SSSR count). The van der Waals surface area contributed by atoms with Gasteiger partial charge in [-0.1, -0.05) is 25.2 Å². The van der Waals surface area contributed by atoms with Crippen LogP contribution >= 0.6 is 11.3 Å². The molecular formula is C11H17F4N3S. The van der Waals surface area contributed by atoms with Crippen LogP contribution in [0.15, 0.2) is 0 Å². The number of nitrogens with zero attached hydrogens (tertiary/aromatic N) is 2. The molecule has 0 radical (unpaired) electrons. The molecule has 8 heteroatoms. The third-order valence-corrected chi connectivity index (χ3v) is 3.39. The Morgan fingerprint density at radius 2 is 1.95 bits per heavy atom. The SMILES string of the molecule is CC(C)CNCCCc1nnc(C(F)(F)C(F)F)s1. The van der Waals surface area contributed by atoms with E-state index in [1.807, 2.05) is 0 Å². The zero-order valence-electron chi connectivity index (χ0n) is 10.8. The smallest absolute Gasteiger partial charge is 0.316 e. The number of alkyl halides is 4. The Kier molecular flexibility index (Phi) is 6.12. The average Bonchev–Trinajstić information content (AvgIpc) is 2.77. The fraction of sp³-hybridized carbons (Fsp3) is 0.818. The molecule has 1 aromatic rings. The molecule has 0 amide bonds. The zero-order valence-corrected chi connectivity index (χ0v) is 11.6. The van der Waals surface area contributed by atoms with E-state index < -0.39 is 17.4 Å². The van der Waals surface area contributed by atoms with E-state index in [4.69, 9.17) is 0 Å². The molecular weight excluding hydrogens is 282 g/mol. The van der Waals surface area contributed by atoms with Crippen LogP contribution in [0.5, 0.6) is 0 Å². The Labute approximate surface area is 113 Å². The molecule has 3 nitrogen and oxygen atoms in total. The van der Waals surface area contributed by atoms with E-state index >= 15 is 0 Å². The van der Waals surface area contributed by atoms with E-state index in [1.165, 1.54) is 0 Å². The first-order chi connectivity index (χ1) is 8.84. The molecule has 0 aliphatic carbocycles. The lowest BCUT2D eigenvalue weighted by atomic mass is 10.2. The maximum absolute atomic E-state index is 13.0. The average molecular weight is 299 g/mol. The van der Waals surface area contributed by atoms with Crippen molar-refractivity contribution in [2.75, 3.05) is 13.1 Å². The lowest BCUT2D eigenvalue weighted by Crippen LogP contribution is -2.23. The highest BCUT2D eigenvalue weighted by Gasteiger charge is 2.46. The summed E-state index contributed by atoms with van der Waals surface area (Å²) < 4.78 is 50.2. The summed E-state index contributed by atoms with van der Waals surface area (Å²) in [6, 6.07) is 0. The summed E-state index contributed by atoms with van der Waals surface area (Å²) in [7, 11) is 0. The topological polar surface area (TPSA) is 37.8 Å². The van der Waals surface area contributed by atoms with Crippen LogP contribution in [0.25, 0.3) is 0 Å². The van der Waals surface area contributed by atoms with Crippen LogP contribution in [-0.2, 0) is 12.3 Å². The molecule has 110 valence electrons. The maximum Gasteiger partial charge on any atom is 0.359 e. The summed E-state index contributed by atoms with van der Waals surface area (Å²) in [4.78, 5) is 0. The predicted molar refractivity (Wildman–Crippen MR) is 65.8 cm³/mol. The van der Waals surface area contributed by atoms with Crippen molar-refractivity contribution >= 4 is 11.3 Å². The summed E-state index contributed by atoms with van der Waals surface area (Å²) in [5.41, 5.74) is 0. The van der Waals surface area contributed by atoms with Crippen molar-refractivity contribution in [3.05, 3.63) is 10.0 Å². The molecule has 0 spiro atoms. The molecule has 0 bridgehead atoms. The molecule has 1 aromatic heterocycles. The molecule has 0 saturated carbocycles. The molecule has 0 aliphatic heterocycles. The van der Waals surface area contributed by atoms with Crippen molar-refractivity contribution in [1.29, 1.82) is 0 Å². The highest BCUT2D eigenvalue weighted by atomic mass is 32.1. The Bertz CT molecular complexity index is 382. The van der Waals surface area contributed by atoms with Gasteiger partial charge in [-0.25, -0.2) is 8.78 Å². The van der Waals surface area contributed by atoms with Crippen LogP contribution in [0.3, 0.4) is 0 Å². The zero-order chi connectivity index (χ0) is 14.5. The van der Waals surface area contributed by atoms with Crippen molar-refractivity contribution < 1.29 is 17.6 Å². The quantitative estimate of drug-likeness (QED) is 0.592. The minimum Gasteiger partial charge on any atom is -0.316 e. The van der Waals surface area contributed by atoms with Crippen molar-refractivity contribution in [2.45, 2.75) is 39.0 Å². The molecule has 0 fully saturated rings. The Morgan fingerprint density at radius 1 is 1.26 bits per heavy atom. The number of halogens is 4. The maximum atomic E-state index is 13.0. The number of hydrogen-bond acceptors (Lipinski definition) is 4. The predicted octanol–water partition coefficient (Wildman–Crippen LogP) is 3.07. The van der Waals surface area contributed by atoms with E-state index in [1.54, 1.807) is 0 Å². The first-order valence-corrected chi connectivity index (χ1v) is 6.85. The van der Waals surface area contributed by atoms with E-state index in [2.05, 4.69) is 29.4 Å². The number of aryl methyl sites for hydroxylation is 1. The van der Waals surface area contributed by atoms with Crippen LogP contribution in [0.1, 0.15) is 30.3 Å². The summed E-state index contributed by atoms with van der Waals surface area (Å²) in [6.45, 7) is 5.77. The summed E-state index contributed by atoms with van der Waals surface area (Å²) in [5.74, 6) is -3.66. The fourth-order valence-electron chi connectivity index (χ4n) is 1.34. The van der Waals surface area contributed by atoms with Gasteiger partial charge < -0.3 is 5.32 Å². The monoisotopic (exact) mass is 299 g/mol. The van der Waals surface area contributed by atoms with Gasteiger partial charge in [-0.2, -0.15) is 8.78 Å². The number of hydrogen-bond donors (Lipinski definition) is 1. The first-order valence-electron chi connectivity index (χ1n) is 6.03. The van der Waals surface area contributed by atoms with Crippen LogP contribution in [0.4, 0.5) is 17.6 Å². The van der Waals surface area contributed by atoms with Crippen LogP contribution in [0.2, 0.25) is 0 Å². The largest absolute Gasteiger partial charge is 0.359 e. The van der Waals surface area contributed by atoms with E-state index in [0.717, 1.165) is 13.1 Å². The third kappa shape index (κ3) is 5.02. The molecule has 0 aromatic carbocycles. The molecule has 1 heterocycles. The Balaban J connectivity index is 2.39. The second-order valence-electron chi connectivity index (χ2n) is 4.63. The molecule has 0 saturated heterocycles. The van der Waals surface area contributed by atoms with Crippen molar-refractivity contribution in [3.63, 3.8) is 0 Å². The second kappa shape index (κ2) is 7.14. The van der Waals surface area contributed by atoms with Crippen molar-refractivity contribution in [3.8, 4) is 0 Å². The first kappa shape index (κ1) is 16.3. The van der Waals surface area contributed by atoms with Gasteiger partial charge >= 0.3 is 12.3 Å². The highest BCUT2D eigenvalue weighted by Crippen LogP contribution is 2.36. The van der Waals surface area contributed by atoms with Crippen molar-refractivity contribution in [2.24, 2.45) is 5.92 Å². The van der Waals surface area contributed by atoms with Crippen molar-refractivity contribution in [1.82, 2.24) is 15.5 Å². The van der Waals surface area contributed by atoms with Gasteiger partial charge in [0.05, 0.1) is 0 Å².